The first-order chi connectivity index (χ1) is 10.1. The number of nitrogens with two attached hydrogens (primary N) is 1. The fraction of sp³-hybridized carbons (Fsp3) is 0.167. The average Bonchev–Trinajstić information content (AvgIpc) is 2.49. The molecule has 106 valence electrons. The molecule has 1 heterocycles. The van der Waals surface area contributed by atoms with Gasteiger partial charge in [0, 0.05) is 23.0 Å². The van der Waals surface area contributed by atoms with Gasteiger partial charge in [-0.2, -0.15) is 0 Å². The number of pyridine rings is 1. The van der Waals surface area contributed by atoms with Crippen LogP contribution in [-0.2, 0) is 0 Å². The minimum atomic E-state index is 0.511. The maximum absolute atomic E-state index is 5.99. The Labute approximate surface area is 124 Å². The first kappa shape index (κ1) is 13.4. The van der Waals surface area contributed by atoms with Gasteiger partial charge in [0.05, 0.1) is 11.2 Å². The molecule has 3 N–H and O–H groups in total. The summed E-state index contributed by atoms with van der Waals surface area (Å²) in [6, 6.07) is 16.3. The van der Waals surface area contributed by atoms with Crippen molar-refractivity contribution in [3.8, 4) is 0 Å². The number of anilines is 3. The highest BCUT2D eigenvalue weighted by atomic mass is 14.9. The topological polar surface area (TPSA) is 50.9 Å². The van der Waals surface area contributed by atoms with Crippen molar-refractivity contribution in [3.63, 3.8) is 0 Å². The van der Waals surface area contributed by atoms with Crippen LogP contribution in [0.1, 0.15) is 25.3 Å². The van der Waals surface area contributed by atoms with E-state index in [9.17, 15) is 0 Å². The maximum atomic E-state index is 5.99. The summed E-state index contributed by atoms with van der Waals surface area (Å²) in [6.07, 6.45) is 1.79. The van der Waals surface area contributed by atoms with Gasteiger partial charge >= 0.3 is 0 Å². The number of nitrogens with zero attached hydrogens (tertiary/aromatic N) is 1. The molecular weight excluding hydrogens is 258 g/mol. The van der Waals surface area contributed by atoms with Gasteiger partial charge in [0.25, 0.3) is 0 Å². The highest BCUT2D eigenvalue weighted by molar-refractivity contribution is 5.98. The lowest BCUT2D eigenvalue weighted by atomic mass is 10.0. The molecule has 0 spiro atoms. The van der Waals surface area contributed by atoms with E-state index in [4.69, 9.17) is 5.73 Å². The molecule has 0 bridgehead atoms. The van der Waals surface area contributed by atoms with Crippen molar-refractivity contribution < 1.29 is 0 Å². The number of nitrogen functional groups attached to an aromatic ring is 1. The van der Waals surface area contributed by atoms with Crippen LogP contribution in [0.25, 0.3) is 10.9 Å². The van der Waals surface area contributed by atoms with E-state index in [0.717, 1.165) is 22.3 Å². The number of benzene rings is 2. The molecule has 3 rings (SSSR count). The summed E-state index contributed by atoms with van der Waals surface area (Å²) in [5.41, 5.74) is 10.9. The van der Waals surface area contributed by atoms with E-state index in [1.54, 1.807) is 6.20 Å². The number of aromatic nitrogens is 1. The summed E-state index contributed by atoms with van der Waals surface area (Å²) >= 11 is 0. The fourth-order valence-electron chi connectivity index (χ4n) is 2.44. The normalized spacial score (nSPS) is 11.0. The lowest BCUT2D eigenvalue weighted by molar-refractivity contribution is 0.867. The van der Waals surface area contributed by atoms with Crippen molar-refractivity contribution in [1.29, 1.82) is 0 Å². The molecule has 0 aliphatic heterocycles. The average molecular weight is 277 g/mol. The third-order valence-corrected chi connectivity index (χ3v) is 3.63. The molecule has 21 heavy (non-hydrogen) atoms. The van der Waals surface area contributed by atoms with Gasteiger partial charge in [0.1, 0.15) is 0 Å². The number of rotatable bonds is 3. The Morgan fingerprint density at radius 3 is 2.67 bits per heavy atom. The molecule has 0 unspecified atom stereocenters. The van der Waals surface area contributed by atoms with Crippen molar-refractivity contribution in [2.24, 2.45) is 0 Å². The predicted molar refractivity (Wildman–Crippen MR) is 90.0 cm³/mol. The SMILES string of the molecule is CC(C)c1cccc(Nc2ccnc3c(N)cccc23)c1. The van der Waals surface area contributed by atoms with Crippen LogP contribution in [0.15, 0.2) is 54.7 Å². The largest absolute Gasteiger partial charge is 0.397 e. The van der Waals surface area contributed by atoms with E-state index < -0.39 is 0 Å². The lowest BCUT2D eigenvalue weighted by Crippen LogP contribution is -1.96. The third kappa shape index (κ3) is 2.68. The van der Waals surface area contributed by atoms with Crippen LogP contribution in [-0.4, -0.2) is 4.98 Å². The van der Waals surface area contributed by atoms with E-state index in [-0.39, 0.29) is 0 Å². The van der Waals surface area contributed by atoms with Gasteiger partial charge in [0.15, 0.2) is 0 Å². The van der Waals surface area contributed by atoms with Crippen molar-refractivity contribution in [2.75, 3.05) is 11.1 Å². The summed E-state index contributed by atoms with van der Waals surface area (Å²) in [5.74, 6) is 0.511. The number of hydrogen-bond donors (Lipinski definition) is 2. The van der Waals surface area contributed by atoms with Crippen LogP contribution in [0.4, 0.5) is 17.1 Å². The lowest BCUT2D eigenvalue weighted by Gasteiger charge is -2.12. The predicted octanol–water partition coefficient (Wildman–Crippen LogP) is 4.68. The quantitative estimate of drug-likeness (QED) is 0.683. The molecule has 0 amide bonds. The molecule has 0 saturated carbocycles. The second-order valence-corrected chi connectivity index (χ2v) is 5.51. The molecule has 0 aliphatic rings. The summed E-state index contributed by atoms with van der Waals surface area (Å²) in [4.78, 5) is 4.36. The molecule has 3 heteroatoms. The van der Waals surface area contributed by atoms with Gasteiger partial charge in [-0.25, -0.2) is 0 Å². The highest BCUT2D eigenvalue weighted by Gasteiger charge is 2.05. The summed E-state index contributed by atoms with van der Waals surface area (Å²) in [6.45, 7) is 4.39. The van der Waals surface area contributed by atoms with Gasteiger partial charge in [-0.3, -0.25) is 4.98 Å². The van der Waals surface area contributed by atoms with Crippen LogP contribution >= 0.6 is 0 Å². The monoisotopic (exact) mass is 277 g/mol. The molecular formula is C18H19N3. The zero-order valence-corrected chi connectivity index (χ0v) is 12.3. The fourth-order valence-corrected chi connectivity index (χ4v) is 2.44. The van der Waals surface area contributed by atoms with Crippen molar-refractivity contribution >= 4 is 28.0 Å². The Hall–Kier alpha value is -2.55. The Balaban J connectivity index is 2.02. The molecule has 1 aromatic heterocycles. The molecule has 0 atom stereocenters. The van der Waals surface area contributed by atoms with Crippen LogP contribution in [0.3, 0.4) is 0 Å². The molecule has 0 radical (unpaired) electrons. The molecule has 3 nitrogen and oxygen atoms in total. The van der Waals surface area contributed by atoms with E-state index in [2.05, 4.69) is 48.4 Å². The molecule has 0 fully saturated rings. The second-order valence-electron chi connectivity index (χ2n) is 5.51. The Kier molecular flexibility index (Phi) is 3.48. The van der Waals surface area contributed by atoms with Gasteiger partial charge in [-0.15, -0.1) is 0 Å². The van der Waals surface area contributed by atoms with E-state index in [0.29, 0.717) is 11.6 Å². The first-order valence-electron chi connectivity index (χ1n) is 7.15. The molecule has 0 saturated heterocycles. The Morgan fingerprint density at radius 1 is 1.05 bits per heavy atom. The van der Waals surface area contributed by atoms with Crippen LogP contribution in [0.5, 0.6) is 0 Å². The first-order valence-corrected chi connectivity index (χ1v) is 7.15. The van der Waals surface area contributed by atoms with Gasteiger partial charge in [0.2, 0.25) is 0 Å². The Bertz CT molecular complexity index is 778. The van der Waals surface area contributed by atoms with Gasteiger partial charge in [-0.05, 0) is 35.7 Å². The van der Waals surface area contributed by atoms with E-state index in [1.165, 1.54) is 5.56 Å². The molecule has 2 aromatic carbocycles. The summed E-state index contributed by atoms with van der Waals surface area (Å²) in [7, 11) is 0. The zero-order chi connectivity index (χ0) is 14.8. The number of nitrogens with one attached hydrogen (secondary N) is 1. The number of para-hydroxylation sites is 1. The van der Waals surface area contributed by atoms with Gasteiger partial charge in [-0.1, -0.05) is 38.1 Å². The summed E-state index contributed by atoms with van der Waals surface area (Å²) in [5, 5.41) is 4.51. The second kappa shape index (κ2) is 5.44. The minimum Gasteiger partial charge on any atom is -0.397 e. The maximum Gasteiger partial charge on any atom is 0.0951 e. The van der Waals surface area contributed by atoms with Crippen molar-refractivity contribution in [2.45, 2.75) is 19.8 Å². The minimum absolute atomic E-state index is 0.511. The highest BCUT2D eigenvalue weighted by Crippen LogP contribution is 2.29. The smallest absolute Gasteiger partial charge is 0.0951 e. The van der Waals surface area contributed by atoms with E-state index >= 15 is 0 Å². The zero-order valence-electron chi connectivity index (χ0n) is 12.3. The van der Waals surface area contributed by atoms with Crippen LogP contribution in [0, 0.1) is 0 Å². The van der Waals surface area contributed by atoms with Gasteiger partial charge < -0.3 is 11.1 Å². The number of hydrogen-bond acceptors (Lipinski definition) is 3. The standard InChI is InChI=1S/C18H19N3/c1-12(2)13-5-3-6-14(11-13)21-17-9-10-20-18-15(17)7-4-8-16(18)19/h3-12H,19H2,1-2H3,(H,20,21). The van der Waals surface area contributed by atoms with Crippen LogP contribution in [0.2, 0.25) is 0 Å². The van der Waals surface area contributed by atoms with E-state index in [1.807, 2.05) is 24.3 Å². The molecule has 0 aliphatic carbocycles. The summed E-state index contributed by atoms with van der Waals surface area (Å²) < 4.78 is 0. The van der Waals surface area contributed by atoms with Crippen LogP contribution < -0.4 is 11.1 Å². The molecule has 3 aromatic rings. The third-order valence-electron chi connectivity index (χ3n) is 3.63. The van der Waals surface area contributed by atoms with Crippen molar-refractivity contribution in [1.82, 2.24) is 4.98 Å². The number of fused-ring (bicyclic) bond motifs is 1. The Morgan fingerprint density at radius 2 is 1.86 bits per heavy atom. The van der Waals surface area contributed by atoms with Crippen molar-refractivity contribution in [3.05, 3.63) is 60.3 Å².